The molecule has 0 aliphatic heterocycles. The Kier molecular flexibility index (Phi) is 4.23. The molecule has 1 aliphatic carbocycles. The molecule has 0 bridgehead atoms. The van der Waals surface area contributed by atoms with Gasteiger partial charge in [0.25, 0.3) is 10.9 Å². The molecule has 0 fully saturated rings. The highest BCUT2D eigenvalue weighted by atomic mass is 35.5. The number of fused-ring (bicyclic) bond motifs is 1. The van der Waals surface area contributed by atoms with Crippen LogP contribution in [0.15, 0.2) is 32.3 Å². The number of anilines is 3. The number of hydrogen-bond donors (Lipinski definition) is 3. The highest BCUT2D eigenvalue weighted by molar-refractivity contribution is 6.31. The third kappa shape index (κ3) is 2.86. The van der Waals surface area contributed by atoms with Gasteiger partial charge in [0.05, 0.1) is 11.7 Å². The molecule has 1 atom stereocenters. The van der Waals surface area contributed by atoms with Crippen molar-refractivity contribution < 1.29 is 9.52 Å². The lowest BCUT2D eigenvalue weighted by atomic mass is 9.73. The standard InChI is InChI=1S/C20H20ClN3O4/c1-9-8-10-4-6-20(2,3)18(17(10)28-9)24-13-12(15(26)16(13)27)23-11-5-7-22-19(21)14(11)25/h5,7-8,18,24-25H,4,6H2,1-3H3,(H,22,23). The molecule has 2 heterocycles. The van der Waals surface area contributed by atoms with Crippen molar-refractivity contribution >= 4 is 28.7 Å². The summed E-state index contributed by atoms with van der Waals surface area (Å²) in [4.78, 5) is 28.2. The lowest BCUT2D eigenvalue weighted by Crippen LogP contribution is -2.41. The van der Waals surface area contributed by atoms with Crippen molar-refractivity contribution in [1.29, 1.82) is 0 Å². The van der Waals surface area contributed by atoms with Crippen LogP contribution in [-0.2, 0) is 6.42 Å². The van der Waals surface area contributed by atoms with E-state index >= 15 is 0 Å². The summed E-state index contributed by atoms with van der Waals surface area (Å²) in [5, 5.41) is 16.0. The van der Waals surface area contributed by atoms with Crippen molar-refractivity contribution in [3.05, 3.63) is 61.0 Å². The molecule has 0 radical (unpaired) electrons. The first-order valence-electron chi connectivity index (χ1n) is 8.98. The van der Waals surface area contributed by atoms with Crippen LogP contribution in [0.2, 0.25) is 5.15 Å². The Balaban J connectivity index is 1.70. The van der Waals surface area contributed by atoms with Crippen LogP contribution >= 0.6 is 11.6 Å². The maximum absolute atomic E-state index is 12.3. The number of rotatable bonds is 4. The summed E-state index contributed by atoms with van der Waals surface area (Å²) in [7, 11) is 0. The number of pyridine rings is 1. The van der Waals surface area contributed by atoms with Crippen LogP contribution in [0.25, 0.3) is 0 Å². The molecule has 7 nitrogen and oxygen atoms in total. The van der Waals surface area contributed by atoms with Crippen LogP contribution in [0.5, 0.6) is 5.75 Å². The third-order valence-corrected chi connectivity index (χ3v) is 5.66. The molecule has 3 aromatic rings. The van der Waals surface area contributed by atoms with Crippen molar-refractivity contribution in [2.45, 2.75) is 39.7 Å². The molecule has 28 heavy (non-hydrogen) atoms. The fourth-order valence-electron chi connectivity index (χ4n) is 3.70. The lowest BCUT2D eigenvalue weighted by Gasteiger charge is -2.38. The predicted octanol–water partition coefficient (Wildman–Crippen LogP) is 3.81. The van der Waals surface area contributed by atoms with Gasteiger partial charge < -0.3 is 20.2 Å². The number of halogens is 1. The van der Waals surface area contributed by atoms with Gasteiger partial charge in [-0.3, -0.25) is 9.59 Å². The topological polar surface area (TPSA) is 104 Å². The maximum Gasteiger partial charge on any atom is 0.253 e. The van der Waals surface area contributed by atoms with Crippen LogP contribution in [0.1, 0.15) is 43.4 Å². The smallest absolute Gasteiger partial charge is 0.253 e. The largest absolute Gasteiger partial charge is 0.503 e. The molecule has 1 aliphatic rings. The number of furan rings is 1. The first kappa shape index (κ1) is 18.6. The normalized spacial score (nSPS) is 18.1. The van der Waals surface area contributed by atoms with Crippen molar-refractivity contribution in [2.24, 2.45) is 5.41 Å². The zero-order chi connectivity index (χ0) is 20.2. The minimum atomic E-state index is -0.653. The molecule has 1 aromatic carbocycles. The van der Waals surface area contributed by atoms with Crippen LogP contribution in [0.4, 0.5) is 17.1 Å². The van der Waals surface area contributed by atoms with Gasteiger partial charge in [-0.15, -0.1) is 0 Å². The number of nitrogens with zero attached hydrogens (tertiary/aromatic N) is 1. The van der Waals surface area contributed by atoms with Crippen molar-refractivity contribution in [3.8, 4) is 5.75 Å². The summed E-state index contributed by atoms with van der Waals surface area (Å²) in [6.45, 7) is 6.08. The molecule has 4 rings (SSSR count). The van der Waals surface area contributed by atoms with Gasteiger partial charge in [0.15, 0.2) is 10.9 Å². The first-order valence-corrected chi connectivity index (χ1v) is 9.36. The van der Waals surface area contributed by atoms with E-state index in [-0.39, 0.29) is 39.4 Å². The number of aryl methyl sites for hydroxylation is 2. The number of aromatic nitrogens is 1. The van der Waals surface area contributed by atoms with E-state index in [0.717, 1.165) is 29.9 Å². The Hall–Kier alpha value is -2.80. The second-order valence-corrected chi connectivity index (χ2v) is 8.20. The molecule has 0 spiro atoms. The van der Waals surface area contributed by atoms with E-state index < -0.39 is 10.9 Å². The highest BCUT2D eigenvalue weighted by Crippen LogP contribution is 2.46. The van der Waals surface area contributed by atoms with Gasteiger partial charge in [0, 0.05) is 6.20 Å². The molecule has 1 unspecified atom stereocenters. The van der Waals surface area contributed by atoms with E-state index in [1.165, 1.54) is 12.3 Å². The van der Waals surface area contributed by atoms with Gasteiger partial charge in [-0.05, 0) is 42.9 Å². The van der Waals surface area contributed by atoms with Gasteiger partial charge in [-0.2, -0.15) is 0 Å². The van der Waals surface area contributed by atoms with Gasteiger partial charge in [0.2, 0.25) is 0 Å². The number of aromatic hydroxyl groups is 1. The summed E-state index contributed by atoms with van der Waals surface area (Å²) in [6.07, 6.45) is 3.21. The molecule has 3 N–H and O–H groups in total. The highest BCUT2D eigenvalue weighted by Gasteiger charge is 2.40. The quantitative estimate of drug-likeness (QED) is 0.451. The molecule has 0 saturated heterocycles. The average Bonchev–Trinajstić information content (AvgIpc) is 3.02. The van der Waals surface area contributed by atoms with E-state index in [1.807, 2.05) is 13.0 Å². The van der Waals surface area contributed by atoms with E-state index in [9.17, 15) is 14.7 Å². The SMILES string of the molecule is Cc1cc2c(o1)C(Nc1c(Nc3ccnc(Cl)c3O)c(=O)c1=O)C(C)(C)CC2. The summed E-state index contributed by atoms with van der Waals surface area (Å²) in [5.41, 5.74) is 0.142. The zero-order valence-electron chi connectivity index (χ0n) is 15.7. The first-order chi connectivity index (χ1) is 13.2. The van der Waals surface area contributed by atoms with Crippen LogP contribution in [0, 0.1) is 12.3 Å². The summed E-state index contributed by atoms with van der Waals surface area (Å²) >= 11 is 5.81. The van der Waals surface area contributed by atoms with Gasteiger partial charge in [-0.25, -0.2) is 4.98 Å². The fraction of sp³-hybridized carbons (Fsp3) is 0.350. The third-order valence-electron chi connectivity index (χ3n) is 5.39. The van der Waals surface area contributed by atoms with Crippen molar-refractivity contribution in [3.63, 3.8) is 0 Å². The minimum Gasteiger partial charge on any atom is -0.503 e. The van der Waals surface area contributed by atoms with Gasteiger partial charge in [0.1, 0.15) is 22.9 Å². The fourth-order valence-corrected chi connectivity index (χ4v) is 3.86. The molecule has 0 saturated carbocycles. The monoisotopic (exact) mass is 401 g/mol. The van der Waals surface area contributed by atoms with Crippen LogP contribution in [-0.4, -0.2) is 10.1 Å². The molecule has 8 heteroatoms. The van der Waals surface area contributed by atoms with Crippen molar-refractivity contribution in [1.82, 2.24) is 4.98 Å². The van der Waals surface area contributed by atoms with E-state index in [2.05, 4.69) is 29.5 Å². The Morgan fingerprint density at radius 2 is 2.00 bits per heavy atom. The van der Waals surface area contributed by atoms with Crippen LogP contribution in [0.3, 0.4) is 0 Å². The zero-order valence-corrected chi connectivity index (χ0v) is 16.5. The molecular weight excluding hydrogens is 382 g/mol. The molecule has 2 aromatic heterocycles. The van der Waals surface area contributed by atoms with E-state index in [4.69, 9.17) is 16.0 Å². The van der Waals surface area contributed by atoms with Gasteiger partial charge in [-0.1, -0.05) is 25.4 Å². The Bertz CT molecular complexity index is 1140. The molecule has 0 amide bonds. The number of nitrogens with one attached hydrogen (secondary N) is 2. The van der Waals surface area contributed by atoms with E-state index in [0.29, 0.717) is 0 Å². The van der Waals surface area contributed by atoms with Crippen LogP contribution < -0.4 is 21.5 Å². The average molecular weight is 402 g/mol. The minimum absolute atomic E-state index is 0.0915. The Morgan fingerprint density at radius 1 is 1.29 bits per heavy atom. The van der Waals surface area contributed by atoms with Crippen molar-refractivity contribution in [2.75, 3.05) is 10.6 Å². The summed E-state index contributed by atoms with van der Waals surface area (Å²) in [6, 6.07) is 3.22. The molecule has 146 valence electrons. The second-order valence-electron chi connectivity index (χ2n) is 7.84. The molecular formula is C20H20ClN3O4. The Morgan fingerprint density at radius 3 is 2.75 bits per heavy atom. The number of hydrogen-bond acceptors (Lipinski definition) is 7. The lowest BCUT2D eigenvalue weighted by molar-refractivity contribution is 0.232. The summed E-state index contributed by atoms with van der Waals surface area (Å²) < 4.78 is 5.91. The second kappa shape index (κ2) is 6.38. The maximum atomic E-state index is 12.3. The predicted molar refractivity (Wildman–Crippen MR) is 107 cm³/mol. The van der Waals surface area contributed by atoms with E-state index in [1.54, 1.807) is 0 Å². The van der Waals surface area contributed by atoms with Gasteiger partial charge >= 0.3 is 0 Å². The Labute approximate surface area is 166 Å². The summed E-state index contributed by atoms with van der Waals surface area (Å²) in [5.74, 6) is 1.32.